The molecule has 0 aliphatic heterocycles. The van der Waals surface area contributed by atoms with Gasteiger partial charge < -0.3 is 13.3 Å². The van der Waals surface area contributed by atoms with E-state index in [2.05, 4.69) is 11.9 Å². The third-order valence-electron chi connectivity index (χ3n) is 2.26. The van der Waals surface area contributed by atoms with Crippen molar-refractivity contribution in [2.24, 2.45) is 0 Å². The Morgan fingerprint density at radius 1 is 1.27 bits per heavy atom. The van der Waals surface area contributed by atoms with Gasteiger partial charge in [-0.1, -0.05) is 6.92 Å². The summed E-state index contributed by atoms with van der Waals surface area (Å²) in [5.41, 5.74) is 0. The van der Waals surface area contributed by atoms with Crippen molar-refractivity contribution >= 4 is 8.97 Å². The minimum Gasteiger partial charge on any atom is -0.360 e. The van der Waals surface area contributed by atoms with Crippen molar-refractivity contribution < 1.29 is 13.3 Å². The van der Waals surface area contributed by atoms with Gasteiger partial charge in [0.2, 0.25) is 0 Å². The normalized spacial score (nSPS) is 12.0. The van der Waals surface area contributed by atoms with Crippen LogP contribution in [0.3, 0.4) is 0 Å². The van der Waals surface area contributed by atoms with Gasteiger partial charge in [0, 0.05) is 40.1 Å². The summed E-state index contributed by atoms with van der Waals surface area (Å²) in [6.45, 7) is 2.11. The Kier molecular flexibility index (Phi) is 4.46. The Morgan fingerprint density at radius 2 is 1.87 bits per heavy atom. The summed E-state index contributed by atoms with van der Waals surface area (Å²) in [5.74, 6) is 0.940. The van der Waals surface area contributed by atoms with Gasteiger partial charge in [0.1, 0.15) is 5.82 Å². The van der Waals surface area contributed by atoms with Gasteiger partial charge in [0.25, 0.3) is 0 Å². The lowest BCUT2D eigenvalue weighted by Crippen LogP contribution is -2.51. The van der Waals surface area contributed by atoms with Crippen molar-refractivity contribution in [3.63, 3.8) is 0 Å². The fourth-order valence-electron chi connectivity index (χ4n) is 1.54. The Labute approximate surface area is 91.4 Å². The molecule has 0 aliphatic rings. The monoisotopic (exact) mass is 230 g/mol. The van der Waals surface area contributed by atoms with Gasteiger partial charge in [-0.05, 0) is 6.42 Å². The minimum atomic E-state index is -2.77. The van der Waals surface area contributed by atoms with E-state index in [0.29, 0.717) is 0 Å². The molecule has 0 saturated carbocycles. The highest BCUT2D eigenvalue weighted by molar-refractivity contribution is 6.58. The fraction of sp³-hybridized carbons (Fsp3) is 0.667. The maximum Gasteiger partial charge on any atom is 0.638 e. The second-order valence-electron chi connectivity index (χ2n) is 3.10. The molecule has 0 atom stereocenters. The molecular weight excluding hydrogens is 212 g/mol. The van der Waals surface area contributed by atoms with Gasteiger partial charge >= 0.3 is 8.97 Å². The first-order valence-corrected chi connectivity index (χ1v) is 6.59. The Morgan fingerprint density at radius 3 is 2.33 bits per heavy atom. The van der Waals surface area contributed by atoms with E-state index in [0.717, 1.165) is 18.7 Å². The first-order chi connectivity index (χ1) is 7.24. The van der Waals surface area contributed by atoms with Gasteiger partial charge in [-0.2, -0.15) is 0 Å². The van der Waals surface area contributed by atoms with Crippen LogP contribution in [0.4, 0.5) is 0 Å². The van der Waals surface area contributed by atoms with Crippen LogP contribution in [0.2, 0.25) is 0 Å². The molecule has 0 radical (unpaired) electrons. The van der Waals surface area contributed by atoms with Crippen LogP contribution in [0.25, 0.3) is 0 Å². The molecule has 0 aliphatic carbocycles. The van der Waals surface area contributed by atoms with Gasteiger partial charge in [-0.3, -0.25) is 4.23 Å². The Balaban J connectivity index is 3.04. The second kappa shape index (κ2) is 5.41. The van der Waals surface area contributed by atoms with Gasteiger partial charge in [-0.15, -0.1) is 0 Å². The maximum absolute atomic E-state index is 5.39. The summed E-state index contributed by atoms with van der Waals surface area (Å²) in [4.78, 5) is 4.27. The molecule has 5 nitrogen and oxygen atoms in total. The summed E-state index contributed by atoms with van der Waals surface area (Å²) in [6, 6.07) is 0. The van der Waals surface area contributed by atoms with E-state index in [1.165, 1.54) is 0 Å². The van der Waals surface area contributed by atoms with E-state index in [1.807, 2.05) is 10.4 Å². The predicted octanol–water partition coefficient (Wildman–Crippen LogP) is 1.06. The van der Waals surface area contributed by atoms with Crippen molar-refractivity contribution in [3.05, 3.63) is 18.2 Å². The van der Waals surface area contributed by atoms with Gasteiger partial charge in [-0.25, -0.2) is 4.98 Å². The molecule has 1 rings (SSSR count). The van der Waals surface area contributed by atoms with Crippen LogP contribution < -0.4 is 0 Å². The molecule has 0 saturated heterocycles. The number of aryl methyl sites for hydroxylation is 1. The van der Waals surface area contributed by atoms with Crippen LogP contribution in [0.15, 0.2) is 12.4 Å². The standard InChI is InChI=1S/C9H18N2O3Si/c1-5-6-9-10-7-8-11(9)15(12-2,13-3)14-4/h7-8H,5-6H2,1-4H3. The molecule has 0 unspecified atom stereocenters. The van der Waals surface area contributed by atoms with Crippen LogP contribution in [-0.4, -0.2) is 39.5 Å². The van der Waals surface area contributed by atoms with Gasteiger partial charge in [0.15, 0.2) is 0 Å². The van der Waals surface area contributed by atoms with E-state index in [1.54, 1.807) is 27.5 Å². The highest BCUT2D eigenvalue weighted by Crippen LogP contribution is 2.13. The summed E-state index contributed by atoms with van der Waals surface area (Å²) >= 11 is 0. The molecule has 0 fully saturated rings. The van der Waals surface area contributed by atoms with Crippen molar-refractivity contribution in [2.45, 2.75) is 19.8 Å². The van der Waals surface area contributed by atoms with E-state index >= 15 is 0 Å². The zero-order chi connectivity index (χ0) is 11.3. The lowest BCUT2D eigenvalue weighted by Gasteiger charge is -2.25. The second-order valence-corrected chi connectivity index (χ2v) is 5.85. The smallest absolute Gasteiger partial charge is 0.360 e. The quantitative estimate of drug-likeness (QED) is 0.686. The number of imidazole rings is 1. The largest absolute Gasteiger partial charge is 0.638 e. The summed E-state index contributed by atoms with van der Waals surface area (Å²) in [5, 5.41) is 0. The lowest BCUT2D eigenvalue weighted by molar-refractivity contribution is 0.111. The number of nitrogens with zero attached hydrogens (tertiary/aromatic N) is 2. The number of hydrogen-bond acceptors (Lipinski definition) is 4. The molecule has 1 aromatic heterocycles. The molecule has 0 N–H and O–H groups in total. The van der Waals surface area contributed by atoms with E-state index in [-0.39, 0.29) is 0 Å². The molecule has 0 aromatic carbocycles. The third kappa shape index (κ3) is 2.28. The van der Waals surface area contributed by atoms with Gasteiger partial charge in [0.05, 0.1) is 0 Å². The van der Waals surface area contributed by atoms with E-state index in [4.69, 9.17) is 13.3 Å². The van der Waals surface area contributed by atoms with Crippen LogP contribution in [0.1, 0.15) is 19.2 Å². The molecule has 6 heteroatoms. The molecule has 1 heterocycles. The SMILES string of the molecule is CCCc1nccn1[Si](OC)(OC)OC. The zero-order valence-electron chi connectivity index (χ0n) is 9.69. The average molecular weight is 230 g/mol. The average Bonchev–Trinajstić information content (AvgIpc) is 2.71. The highest BCUT2D eigenvalue weighted by atomic mass is 28.4. The van der Waals surface area contributed by atoms with Crippen LogP contribution in [0.5, 0.6) is 0 Å². The molecule has 0 amide bonds. The van der Waals surface area contributed by atoms with Crippen molar-refractivity contribution in [1.82, 2.24) is 9.22 Å². The third-order valence-corrected chi connectivity index (χ3v) is 4.80. The highest BCUT2D eigenvalue weighted by Gasteiger charge is 2.43. The number of hydrogen-bond donors (Lipinski definition) is 0. The first-order valence-electron chi connectivity index (χ1n) is 4.92. The molecule has 0 bridgehead atoms. The summed E-state index contributed by atoms with van der Waals surface area (Å²) in [6.07, 6.45) is 5.49. The van der Waals surface area contributed by atoms with Crippen molar-refractivity contribution in [1.29, 1.82) is 0 Å². The Hall–Kier alpha value is -0.693. The topological polar surface area (TPSA) is 45.5 Å². The van der Waals surface area contributed by atoms with Crippen molar-refractivity contribution in [3.8, 4) is 0 Å². The Bertz CT molecular complexity index is 291. The number of aromatic nitrogens is 2. The minimum absolute atomic E-state index is 0.887. The van der Waals surface area contributed by atoms with E-state index in [9.17, 15) is 0 Å². The number of rotatable bonds is 6. The van der Waals surface area contributed by atoms with Crippen LogP contribution in [-0.2, 0) is 19.7 Å². The molecule has 86 valence electrons. The summed E-state index contributed by atoms with van der Waals surface area (Å²) < 4.78 is 18.0. The maximum atomic E-state index is 5.39. The fourth-order valence-corrected chi connectivity index (χ4v) is 3.36. The van der Waals surface area contributed by atoms with Crippen molar-refractivity contribution in [2.75, 3.05) is 21.3 Å². The van der Waals surface area contributed by atoms with Crippen LogP contribution >= 0.6 is 0 Å². The molecular formula is C9H18N2O3Si. The lowest BCUT2D eigenvalue weighted by atomic mass is 10.3. The molecule has 0 spiro atoms. The first kappa shape index (κ1) is 12.4. The van der Waals surface area contributed by atoms with Crippen LogP contribution in [0, 0.1) is 0 Å². The molecule has 15 heavy (non-hydrogen) atoms. The molecule has 1 aromatic rings. The summed E-state index contributed by atoms with van der Waals surface area (Å²) in [7, 11) is 2.01. The van der Waals surface area contributed by atoms with E-state index < -0.39 is 8.97 Å². The zero-order valence-corrected chi connectivity index (χ0v) is 10.7. The predicted molar refractivity (Wildman–Crippen MR) is 58.4 cm³/mol.